The maximum atomic E-state index is 4.23. The van der Waals surface area contributed by atoms with Crippen LogP contribution in [-0.4, -0.2) is 17.2 Å². The standard InChI is InChI=1S/C73H52N2SSi/c1-3-23-72-61(4-2)64-36-22-35-62(73(64)76-72)52-40-43-71-67(49-52)66-48-51(39-42-70(66)75(71)56-26-12-6-13-27-56)54-44-53(50-38-41-69-65(47-50)63-34-20-21-37-68(63)74(69)55-24-10-5-11-25-55)45-60(46-54)77(57-28-14-7-15-29-57,58-30-16-8-17-31-58)59-32-18-9-19-33-59/h3-49H,2H2,1H3/b23-3-. The average molecular weight is 1020 g/mol. The van der Waals surface area contributed by atoms with Gasteiger partial charge in [-0.25, -0.2) is 0 Å². The van der Waals surface area contributed by atoms with Gasteiger partial charge in [-0.3, -0.25) is 0 Å². The zero-order chi connectivity index (χ0) is 51.5. The molecule has 3 heterocycles. The molecule has 77 heavy (non-hydrogen) atoms. The number of hydrogen-bond acceptors (Lipinski definition) is 1. The van der Waals surface area contributed by atoms with E-state index in [0.29, 0.717) is 0 Å². The molecule has 0 aliphatic rings. The largest absolute Gasteiger partial charge is 0.309 e. The van der Waals surface area contributed by atoms with Crippen LogP contribution in [0.1, 0.15) is 17.4 Å². The molecule has 0 fully saturated rings. The van der Waals surface area contributed by atoms with E-state index in [4.69, 9.17) is 0 Å². The van der Waals surface area contributed by atoms with E-state index in [1.807, 2.05) is 17.4 Å². The molecule has 11 aromatic carbocycles. The van der Waals surface area contributed by atoms with Gasteiger partial charge in [0.05, 0.1) is 22.1 Å². The van der Waals surface area contributed by atoms with Crippen LogP contribution in [0.25, 0.3) is 111 Å². The molecule has 0 aliphatic carbocycles. The second-order valence-electron chi connectivity index (χ2n) is 20.0. The highest BCUT2D eigenvalue weighted by Crippen LogP contribution is 2.43. The molecule has 0 radical (unpaired) electrons. The summed E-state index contributed by atoms with van der Waals surface area (Å²) in [7, 11) is -3.00. The molecule has 0 spiro atoms. The molecule has 0 unspecified atom stereocenters. The first-order valence-electron chi connectivity index (χ1n) is 26.5. The fourth-order valence-corrected chi connectivity index (χ4v) is 18.5. The molecule has 0 atom stereocenters. The quantitative estimate of drug-likeness (QED) is 0.0903. The third kappa shape index (κ3) is 7.59. The van der Waals surface area contributed by atoms with E-state index in [-0.39, 0.29) is 0 Å². The van der Waals surface area contributed by atoms with E-state index in [1.54, 1.807) is 0 Å². The molecule has 14 aromatic rings. The molecule has 0 aliphatic heterocycles. The number of fused-ring (bicyclic) bond motifs is 7. The summed E-state index contributed by atoms with van der Waals surface area (Å²) in [6.45, 7) is 6.31. The highest BCUT2D eigenvalue weighted by atomic mass is 32.1. The molecule has 0 bridgehead atoms. The first-order valence-corrected chi connectivity index (χ1v) is 29.3. The van der Waals surface area contributed by atoms with Gasteiger partial charge in [0.1, 0.15) is 0 Å². The van der Waals surface area contributed by atoms with Crippen LogP contribution >= 0.6 is 11.3 Å². The van der Waals surface area contributed by atoms with Crippen LogP contribution in [0.15, 0.2) is 280 Å². The average Bonchev–Trinajstić information content (AvgIpc) is 4.27. The predicted octanol–water partition coefficient (Wildman–Crippen LogP) is 17.1. The number of allylic oxidation sites excluding steroid dienone is 1. The Morgan fingerprint density at radius 1 is 0.364 bits per heavy atom. The van der Waals surface area contributed by atoms with E-state index in [0.717, 1.165) is 11.4 Å². The first kappa shape index (κ1) is 46.2. The number of aromatic nitrogens is 2. The molecule has 2 nitrogen and oxygen atoms in total. The zero-order valence-electron chi connectivity index (χ0n) is 42.6. The molecule has 0 saturated heterocycles. The Balaban J connectivity index is 1.05. The van der Waals surface area contributed by atoms with Crippen molar-refractivity contribution in [3.63, 3.8) is 0 Å². The molecular weight excluding hydrogens is 965 g/mol. The van der Waals surface area contributed by atoms with Gasteiger partial charge >= 0.3 is 0 Å². The Morgan fingerprint density at radius 2 is 0.792 bits per heavy atom. The lowest BCUT2D eigenvalue weighted by Gasteiger charge is -2.35. The molecule has 0 N–H and O–H groups in total. The number of hydrogen-bond donors (Lipinski definition) is 0. The molecule has 14 rings (SSSR count). The summed E-state index contributed by atoms with van der Waals surface area (Å²) in [5.74, 6) is 0. The summed E-state index contributed by atoms with van der Waals surface area (Å²) in [5.41, 5.74) is 15.4. The van der Waals surface area contributed by atoms with Crippen molar-refractivity contribution >= 4 is 106 Å². The SMILES string of the molecule is C=Cc1c(/C=C\C)sc2c(-c3ccc4c(c3)c3cc(-c5cc(-c6ccc7c(c6)c6ccccc6n7-c6ccccc6)cc([Si](c6ccccc6)(c6ccccc6)c6ccccc6)c5)ccc3n4-c3ccccc3)cccc12. The third-order valence-corrected chi connectivity index (χ3v) is 21.7. The number of para-hydroxylation sites is 3. The Hall–Kier alpha value is -9.32. The molecule has 364 valence electrons. The minimum atomic E-state index is -3.00. The van der Waals surface area contributed by atoms with Crippen LogP contribution in [0, 0.1) is 0 Å². The van der Waals surface area contributed by atoms with Gasteiger partial charge in [0.15, 0.2) is 8.07 Å². The van der Waals surface area contributed by atoms with Crippen LogP contribution in [-0.2, 0) is 0 Å². The summed E-state index contributed by atoms with van der Waals surface area (Å²) < 4.78 is 6.12. The van der Waals surface area contributed by atoms with Crippen molar-refractivity contribution in [1.82, 2.24) is 9.13 Å². The lowest BCUT2D eigenvalue weighted by Crippen LogP contribution is -2.74. The van der Waals surface area contributed by atoms with Crippen LogP contribution in [0.3, 0.4) is 0 Å². The van der Waals surface area contributed by atoms with Crippen LogP contribution in [0.5, 0.6) is 0 Å². The summed E-state index contributed by atoms with van der Waals surface area (Å²) >= 11 is 1.84. The van der Waals surface area contributed by atoms with Crippen LogP contribution in [0.2, 0.25) is 0 Å². The van der Waals surface area contributed by atoms with Gasteiger partial charge in [-0.15, -0.1) is 11.3 Å². The monoisotopic (exact) mass is 1020 g/mol. The van der Waals surface area contributed by atoms with Crippen molar-refractivity contribution in [2.24, 2.45) is 0 Å². The number of benzene rings is 11. The summed E-state index contributed by atoms with van der Waals surface area (Å²) in [5, 5.41) is 11.5. The van der Waals surface area contributed by atoms with Crippen molar-refractivity contribution in [3.8, 4) is 44.8 Å². The number of nitrogens with zero attached hydrogens (tertiary/aromatic N) is 2. The van der Waals surface area contributed by atoms with Gasteiger partial charge in [-0.1, -0.05) is 213 Å². The first-order chi connectivity index (χ1) is 38.1. The summed E-state index contributed by atoms with van der Waals surface area (Å²) in [4.78, 5) is 1.23. The van der Waals surface area contributed by atoms with Crippen molar-refractivity contribution < 1.29 is 0 Å². The van der Waals surface area contributed by atoms with Gasteiger partial charge in [-0.2, -0.15) is 0 Å². The fourth-order valence-electron chi connectivity index (χ4n) is 12.3. The maximum Gasteiger partial charge on any atom is 0.179 e. The highest BCUT2D eigenvalue weighted by Gasteiger charge is 2.42. The van der Waals surface area contributed by atoms with Gasteiger partial charge in [-0.05, 0) is 145 Å². The van der Waals surface area contributed by atoms with Crippen molar-refractivity contribution in [2.75, 3.05) is 0 Å². The molecule has 0 saturated carbocycles. The van der Waals surface area contributed by atoms with Gasteiger partial charge in [0.25, 0.3) is 0 Å². The van der Waals surface area contributed by atoms with E-state index in [9.17, 15) is 0 Å². The lowest BCUT2D eigenvalue weighted by atomic mass is 9.96. The minimum Gasteiger partial charge on any atom is -0.309 e. The molecule has 3 aromatic heterocycles. The van der Waals surface area contributed by atoms with Crippen molar-refractivity contribution in [2.45, 2.75) is 6.92 Å². The minimum absolute atomic E-state index is 1.14. The van der Waals surface area contributed by atoms with Gasteiger partial charge in [0, 0.05) is 47.9 Å². The lowest BCUT2D eigenvalue weighted by molar-refractivity contribution is 1.18. The number of thiophene rings is 1. The summed E-state index contributed by atoms with van der Waals surface area (Å²) in [6, 6.07) is 99.8. The number of rotatable bonds is 11. The highest BCUT2D eigenvalue weighted by molar-refractivity contribution is 7.21. The Kier molecular flexibility index (Phi) is 11.5. The topological polar surface area (TPSA) is 9.86 Å². The Labute approximate surface area is 454 Å². The van der Waals surface area contributed by atoms with Gasteiger partial charge < -0.3 is 9.13 Å². The summed E-state index contributed by atoms with van der Waals surface area (Å²) in [6.07, 6.45) is 6.33. The zero-order valence-corrected chi connectivity index (χ0v) is 44.5. The van der Waals surface area contributed by atoms with Crippen LogP contribution in [0.4, 0.5) is 0 Å². The Bertz CT molecular complexity index is 4470. The van der Waals surface area contributed by atoms with Crippen LogP contribution < -0.4 is 20.7 Å². The molecule has 4 heteroatoms. The molecule has 0 amide bonds. The smallest absolute Gasteiger partial charge is 0.179 e. The predicted molar refractivity (Wildman–Crippen MR) is 335 cm³/mol. The second-order valence-corrected chi connectivity index (χ2v) is 24.8. The molecular formula is C73H52N2SSi. The van der Waals surface area contributed by atoms with Gasteiger partial charge in [0.2, 0.25) is 0 Å². The third-order valence-electron chi connectivity index (χ3n) is 15.7. The van der Waals surface area contributed by atoms with Crippen molar-refractivity contribution in [3.05, 3.63) is 290 Å². The second kappa shape index (κ2) is 19.1. The Morgan fingerprint density at radius 3 is 1.30 bits per heavy atom. The normalized spacial score (nSPS) is 12.0. The fraction of sp³-hybridized carbons (Fsp3) is 0.0137. The maximum absolute atomic E-state index is 4.23. The van der Waals surface area contributed by atoms with E-state index in [1.165, 1.54) is 118 Å². The van der Waals surface area contributed by atoms with E-state index in [2.05, 4.69) is 302 Å². The van der Waals surface area contributed by atoms with E-state index >= 15 is 0 Å². The van der Waals surface area contributed by atoms with Crippen molar-refractivity contribution in [1.29, 1.82) is 0 Å². The van der Waals surface area contributed by atoms with E-state index < -0.39 is 8.07 Å².